The van der Waals surface area contributed by atoms with Crippen LogP contribution in [0.3, 0.4) is 0 Å². The average Bonchev–Trinajstić information content (AvgIpc) is 1.74. The number of nitrogens with one attached hydrogen (secondary N) is 1. The zero-order valence-corrected chi connectivity index (χ0v) is 60.2. The van der Waals surface area contributed by atoms with Crippen molar-refractivity contribution in [1.29, 1.82) is 0 Å². The van der Waals surface area contributed by atoms with Gasteiger partial charge in [-0.05, 0) is 98.5 Å². The van der Waals surface area contributed by atoms with Gasteiger partial charge in [0.2, 0.25) is 11.8 Å². The molecule has 0 saturated heterocycles. The van der Waals surface area contributed by atoms with Crippen LogP contribution < -0.4 is 35.2 Å². The topological polar surface area (TPSA) is 303 Å². The minimum absolute atomic E-state index is 0.0223. The molecule has 3 heterocycles. The fourth-order valence-corrected chi connectivity index (χ4v) is 10.6. The molecule has 2 aliphatic rings. The number of anilines is 2. The van der Waals surface area contributed by atoms with E-state index in [0.717, 1.165) is 58.8 Å². The van der Waals surface area contributed by atoms with Crippen LogP contribution in [-0.2, 0) is 62.4 Å². The molecule has 2 amide bonds. The van der Waals surface area contributed by atoms with Crippen molar-refractivity contribution in [2.24, 2.45) is 0 Å². The van der Waals surface area contributed by atoms with E-state index in [1.54, 1.807) is 16.9 Å². The minimum atomic E-state index is -4.71. The largest absolute Gasteiger partial charge is 0.778 e. The average molecular weight is 1490 g/mol. The van der Waals surface area contributed by atoms with Crippen molar-refractivity contribution in [3.05, 3.63) is 139 Å². The molecular formula is C62H75Cl5F3N6O16PS2. The normalized spacial score (nSPS) is 14.3. The summed E-state index contributed by atoms with van der Waals surface area (Å²) in [7, 11) is -6.11. The smallest absolute Gasteiger partial charge is 0.442 e. The zero-order valence-electron chi connectivity index (χ0n) is 53.9. The Morgan fingerprint density at radius 2 is 1.63 bits per heavy atom. The number of ether oxygens (including phenoxy) is 3. The molecule has 2 aromatic heterocycles. The SMILES string of the molecule is C#CCOc1cc(-n2nc(C(C)(C)C)oc2=O)c(Cl)cc1Cl.CC1COc2ccccc2N1C(=O)C(Cl)Cl.CCc1cccc(C)c1N(C(=O)CCl)C(C)COC.CS(=O)(=O)c1cc(C(F)(F)F)ccc1C(=O)c1cnoc1C1CC1.C[S+](C)C.O=C(O)CNCP(=O)([O-])O. The monoisotopic (exact) mass is 1490 g/mol. The summed E-state index contributed by atoms with van der Waals surface area (Å²) in [6, 6.07) is 18.3. The second kappa shape index (κ2) is 37.6. The molecule has 22 nitrogen and oxygen atoms in total. The van der Waals surface area contributed by atoms with Crippen LogP contribution in [0, 0.1) is 19.3 Å². The first-order chi connectivity index (χ1) is 44.1. The molecule has 3 N–H and O–H groups in total. The summed E-state index contributed by atoms with van der Waals surface area (Å²) in [5, 5.41) is 18.2. The number of nitrogens with zero attached hydrogens (tertiary/aromatic N) is 5. The highest BCUT2D eigenvalue weighted by atomic mass is 35.5. The summed E-state index contributed by atoms with van der Waals surface area (Å²) in [5.41, 5.74) is 2.46. The van der Waals surface area contributed by atoms with E-state index in [4.69, 9.17) is 97.6 Å². The molecule has 95 heavy (non-hydrogen) atoms. The third kappa shape index (κ3) is 26.0. The molecule has 3 atom stereocenters. The van der Waals surface area contributed by atoms with Crippen LogP contribution in [0.2, 0.25) is 10.0 Å². The fourth-order valence-electron chi connectivity index (χ4n) is 8.41. The number of ketones is 1. The molecule has 0 radical (unpaired) electrons. The maximum atomic E-state index is 12.8. The van der Waals surface area contributed by atoms with Crippen LogP contribution in [0.4, 0.5) is 24.5 Å². The minimum Gasteiger partial charge on any atom is -0.778 e. The highest BCUT2D eigenvalue weighted by molar-refractivity contribution is 7.94. The van der Waals surface area contributed by atoms with Crippen LogP contribution in [0.25, 0.3) is 5.69 Å². The van der Waals surface area contributed by atoms with E-state index in [9.17, 15) is 55.0 Å². The number of carbonyl (C=O) groups excluding carboxylic acids is 3. The zero-order chi connectivity index (χ0) is 72.1. The van der Waals surface area contributed by atoms with Crippen molar-refractivity contribution in [1.82, 2.24) is 20.3 Å². The number of terminal acetylenes is 1. The van der Waals surface area contributed by atoms with E-state index in [1.165, 1.54) is 18.3 Å². The van der Waals surface area contributed by atoms with Gasteiger partial charge in [0.1, 0.15) is 38.2 Å². The summed E-state index contributed by atoms with van der Waals surface area (Å²) in [5.74, 6) is 1.07. The quantitative estimate of drug-likeness (QED) is 0.0237. The number of alkyl halides is 6. The Morgan fingerprint density at radius 3 is 2.15 bits per heavy atom. The number of fused-ring (bicyclic) bond motifs is 1. The molecule has 0 spiro atoms. The van der Waals surface area contributed by atoms with Gasteiger partial charge in [-0.2, -0.15) is 17.9 Å². The fraction of sp³-hybridized carbons (Fsp3) is 0.435. The number of benzene rings is 4. The maximum absolute atomic E-state index is 12.8. The van der Waals surface area contributed by atoms with Crippen LogP contribution >= 0.6 is 65.6 Å². The number of carbonyl (C=O) groups is 4. The van der Waals surface area contributed by atoms with Gasteiger partial charge in [-0.1, -0.05) is 116 Å². The van der Waals surface area contributed by atoms with Crippen molar-refractivity contribution in [3.63, 3.8) is 0 Å². The molecule has 1 aliphatic carbocycles. The third-order valence-electron chi connectivity index (χ3n) is 12.7. The van der Waals surface area contributed by atoms with E-state index in [-0.39, 0.29) is 63.5 Å². The maximum Gasteiger partial charge on any atom is 0.442 e. The number of hydrogen-bond acceptors (Lipinski definition) is 17. The number of aromatic nitrogens is 3. The number of aliphatic carboxylic acids is 1. The van der Waals surface area contributed by atoms with Gasteiger partial charge in [-0.3, -0.25) is 24.5 Å². The molecule has 33 heteroatoms. The summed E-state index contributed by atoms with van der Waals surface area (Å²) in [6.07, 6.45) is 10.8. The van der Waals surface area contributed by atoms with Gasteiger partial charge in [0.05, 0.1) is 99.6 Å². The van der Waals surface area contributed by atoms with Gasteiger partial charge in [-0.25, -0.2) is 13.2 Å². The Bertz CT molecular complexity index is 3850. The van der Waals surface area contributed by atoms with Crippen molar-refractivity contribution < 1.29 is 83.4 Å². The van der Waals surface area contributed by atoms with E-state index in [1.807, 2.05) is 83.3 Å². The lowest BCUT2D eigenvalue weighted by Gasteiger charge is -2.35. The number of aryl methyl sites for hydroxylation is 2. The van der Waals surface area contributed by atoms with Gasteiger partial charge in [0.15, 0.2) is 26.2 Å². The first-order valence-electron chi connectivity index (χ1n) is 28.4. The Kier molecular flexibility index (Phi) is 32.9. The summed E-state index contributed by atoms with van der Waals surface area (Å²) in [4.78, 5) is 78.1. The number of rotatable bonds is 18. The van der Waals surface area contributed by atoms with Crippen LogP contribution in [0.15, 0.2) is 97.6 Å². The van der Waals surface area contributed by atoms with Gasteiger partial charge in [0.25, 0.3) is 5.91 Å². The van der Waals surface area contributed by atoms with E-state index >= 15 is 0 Å². The van der Waals surface area contributed by atoms with Gasteiger partial charge in [0, 0.05) is 36.3 Å². The van der Waals surface area contributed by atoms with Crippen molar-refractivity contribution in [3.8, 4) is 29.5 Å². The van der Waals surface area contributed by atoms with Crippen molar-refractivity contribution in [2.45, 2.75) is 107 Å². The highest BCUT2D eigenvalue weighted by Crippen LogP contribution is 2.43. The Labute approximate surface area is 577 Å². The van der Waals surface area contributed by atoms with E-state index in [2.05, 4.69) is 47.9 Å². The summed E-state index contributed by atoms with van der Waals surface area (Å²) >= 11 is 29.2. The van der Waals surface area contributed by atoms with Crippen molar-refractivity contribution >= 4 is 121 Å². The lowest BCUT2D eigenvalue weighted by Crippen LogP contribution is -2.47. The first-order valence-corrected chi connectivity index (χ1v) is 36.7. The lowest BCUT2D eigenvalue weighted by atomic mass is 9.97. The molecule has 1 fully saturated rings. The number of methoxy groups -OCH3 is 1. The number of halogens is 8. The second-order valence-electron chi connectivity index (χ2n) is 22.4. The van der Waals surface area contributed by atoms with Gasteiger partial charge >= 0.3 is 17.9 Å². The predicted molar refractivity (Wildman–Crippen MR) is 362 cm³/mol. The highest BCUT2D eigenvalue weighted by Gasteiger charge is 2.37. The second-order valence-corrected chi connectivity index (χ2v) is 30.6. The van der Waals surface area contributed by atoms with Crippen LogP contribution in [-0.4, -0.2) is 145 Å². The molecule has 1 aliphatic heterocycles. The molecule has 1 saturated carbocycles. The van der Waals surface area contributed by atoms with Gasteiger partial charge < -0.3 is 52.4 Å². The molecule has 522 valence electrons. The van der Waals surface area contributed by atoms with Gasteiger partial charge in [-0.15, -0.1) is 23.1 Å². The number of para-hydroxylation sites is 3. The standard InChI is InChI=1S/C15H14Cl2N2O3.C15H22ClNO2.C15H12F3NO4S.C11H11Cl2NO2.C3H8NO5P.C3H9S/c1-5-6-21-12-8-11(9(16)7-10(12)17)19-14(20)22-13(18-19)15(2,3)4;1-5-13-8-6-7-11(2)15(13)17(14(18)9-16)12(3)10-19-4;1-24(21,22)12-6-9(15(16,17)18)4-5-10(12)13(20)11-7-19-23-14(11)8-2-3-8;1-7-6-16-9-5-3-2-4-8(9)14(7)11(15)10(12)13;5-3(6)1-4-2-10(7,8)9;1-4(2)3/h1,7-8H,6H2,2-4H3;6-8,12H,5,9-10H2,1-4H3;4-8H,2-3H2,1H3;2-5,7,10H,6H2,1H3;4H,1-2H2,(H,5,6)(H2,7,8,9);1-3H3/q;;;;;+1/p-1. The number of carboxylic acids is 1. The molecule has 0 bridgehead atoms. The Morgan fingerprint density at radius 1 is 1.00 bits per heavy atom. The number of sulfone groups is 1. The number of carboxylic acid groups (broad SMARTS) is 1. The Balaban J connectivity index is 0.000000312. The molecular weight excluding hydrogens is 1410 g/mol. The lowest BCUT2D eigenvalue weighted by molar-refractivity contribution is -0.193. The third-order valence-corrected chi connectivity index (χ3v) is 15.7. The number of amides is 2. The molecule has 6 aromatic rings. The van der Waals surface area contributed by atoms with Crippen molar-refractivity contribution in [2.75, 3.05) is 80.5 Å². The summed E-state index contributed by atoms with van der Waals surface area (Å²) in [6.45, 7) is 14.1. The number of hydrogen-bond donors (Lipinski definition) is 3. The van der Waals surface area contributed by atoms with Crippen LogP contribution in [0.5, 0.6) is 11.5 Å². The predicted octanol–water partition coefficient (Wildman–Crippen LogP) is 11.1. The van der Waals surface area contributed by atoms with E-state index in [0.29, 0.717) is 65.1 Å². The molecule has 3 unspecified atom stereocenters. The van der Waals surface area contributed by atoms with E-state index < -0.39 is 74.7 Å². The summed E-state index contributed by atoms with van der Waals surface area (Å²) < 4.78 is 99.5. The van der Waals surface area contributed by atoms with Crippen LogP contribution in [0.1, 0.15) is 105 Å². The Hall–Kier alpha value is -6.12. The molecule has 4 aromatic carbocycles. The first kappa shape index (κ1) is 83.1. The molecule has 8 rings (SSSR count).